The first kappa shape index (κ1) is 13.2. The summed E-state index contributed by atoms with van der Waals surface area (Å²) >= 11 is 0. The lowest BCUT2D eigenvalue weighted by Crippen LogP contribution is -1.96. The quantitative estimate of drug-likeness (QED) is 0.440. The van der Waals surface area contributed by atoms with Crippen molar-refractivity contribution in [2.24, 2.45) is 5.41 Å². The molecule has 4 nitrogen and oxygen atoms in total. The van der Waals surface area contributed by atoms with Crippen LogP contribution in [-0.2, 0) is 10.4 Å². The summed E-state index contributed by atoms with van der Waals surface area (Å²) in [7, 11) is -4.67. The van der Waals surface area contributed by atoms with Gasteiger partial charge in [0.1, 0.15) is 0 Å². The Balaban J connectivity index is 0. The van der Waals surface area contributed by atoms with Crippen molar-refractivity contribution in [3.8, 4) is 0 Å². The smallest absolute Gasteiger partial charge is 0.264 e. The van der Waals surface area contributed by atoms with Crippen LogP contribution in [-0.4, -0.2) is 17.5 Å². The molecular formula is C6H14O4S. The van der Waals surface area contributed by atoms with E-state index in [2.05, 4.69) is 27.4 Å². The van der Waals surface area contributed by atoms with Crippen molar-refractivity contribution in [2.75, 3.05) is 0 Å². The van der Waals surface area contributed by atoms with Crippen LogP contribution in [0.25, 0.3) is 0 Å². The first-order valence-corrected chi connectivity index (χ1v) is 4.29. The summed E-state index contributed by atoms with van der Waals surface area (Å²) in [5.74, 6) is 0. The molecule has 2 N–H and O–H groups in total. The SMILES string of the molecule is C=CC(C)(C)C.O=S(=O)(O)O. The van der Waals surface area contributed by atoms with E-state index in [0.717, 1.165) is 0 Å². The van der Waals surface area contributed by atoms with E-state index < -0.39 is 10.4 Å². The fourth-order valence-corrected chi connectivity index (χ4v) is 0. The lowest BCUT2D eigenvalue weighted by atomic mass is 9.98. The molecule has 0 fully saturated rings. The van der Waals surface area contributed by atoms with Gasteiger partial charge >= 0.3 is 10.4 Å². The summed E-state index contributed by atoms with van der Waals surface area (Å²) in [6, 6.07) is 0. The third-order valence-electron chi connectivity index (χ3n) is 0.612. The van der Waals surface area contributed by atoms with Gasteiger partial charge in [-0.2, -0.15) is 8.42 Å². The first-order valence-electron chi connectivity index (χ1n) is 2.90. The molecule has 0 saturated heterocycles. The van der Waals surface area contributed by atoms with Gasteiger partial charge < -0.3 is 0 Å². The lowest BCUT2D eigenvalue weighted by molar-refractivity contribution is 0.381. The predicted molar refractivity (Wildman–Crippen MR) is 43.8 cm³/mol. The van der Waals surface area contributed by atoms with Crippen LogP contribution in [0.1, 0.15) is 20.8 Å². The van der Waals surface area contributed by atoms with E-state index in [0.29, 0.717) is 5.41 Å². The van der Waals surface area contributed by atoms with Gasteiger partial charge in [-0.05, 0) is 5.41 Å². The van der Waals surface area contributed by atoms with Crippen LogP contribution < -0.4 is 0 Å². The van der Waals surface area contributed by atoms with Crippen LogP contribution in [0.15, 0.2) is 12.7 Å². The van der Waals surface area contributed by atoms with Gasteiger partial charge in [0.05, 0.1) is 0 Å². The second kappa shape index (κ2) is 4.48. The molecule has 0 heterocycles. The van der Waals surface area contributed by atoms with Crippen molar-refractivity contribution in [1.29, 1.82) is 0 Å². The van der Waals surface area contributed by atoms with Crippen molar-refractivity contribution in [2.45, 2.75) is 20.8 Å². The molecule has 0 aromatic carbocycles. The average Bonchev–Trinajstić information content (AvgIpc) is 1.59. The molecule has 0 aliphatic rings. The van der Waals surface area contributed by atoms with Crippen LogP contribution in [0.5, 0.6) is 0 Å². The Bertz CT molecular complexity index is 189. The van der Waals surface area contributed by atoms with Crippen LogP contribution in [0.3, 0.4) is 0 Å². The van der Waals surface area contributed by atoms with E-state index >= 15 is 0 Å². The van der Waals surface area contributed by atoms with E-state index in [4.69, 9.17) is 17.5 Å². The zero-order valence-electron chi connectivity index (χ0n) is 6.90. The molecule has 0 aromatic rings. The van der Waals surface area contributed by atoms with Gasteiger partial charge in [-0.1, -0.05) is 26.8 Å². The van der Waals surface area contributed by atoms with Crippen molar-refractivity contribution >= 4 is 10.4 Å². The van der Waals surface area contributed by atoms with Gasteiger partial charge in [-0.3, -0.25) is 9.11 Å². The van der Waals surface area contributed by atoms with Crippen LogP contribution >= 0.6 is 0 Å². The van der Waals surface area contributed by atoms with Crippen LogP contribution in [0.4, 0.5) is 0 Å². The predicted octanol–water partition coefficient (Wildman–Crippen LogP) is 1.57. The van der Waals surface area contributed by atoms with Gasteiger partial charge in [-0.15, -0.1) is 6.58 Å². The number of hydrogen-bond donors (Lipinski definition) is 2. The minimum atomic E-state index is -4.67. The number of allylic oxidation sites excluding steroid dienone is 1. The molecule has 0 atom stereocenters. The van der Waals surface area contributed by atoms with Crippen molar-refractivity contribution in [1.82, 2.24) is 0 Å². The molecule has 0 aliphatic heterocycles. The summed E-state index contributed by atoms with van der Waals surface area (Å²) in [5, 5.41) is 0. The monoisotopic (exact) mass is 182 g/mol. The Hall–Kier alpha value is -0.390. The van der Waals surface area contributed by atoms with E-state index in [1.807, 2.05) is 6.08 Å². The fraction of sp³-hybridized carbons (Fsp3) is 0.667. The Morgan fingerprint density at radius 1 is 1.27 bits per heavy atom. The molecule has 0 amide bonds. The maximum absolute atomic E-state index is 8.74. The molecule has 0 rings (SSSR count). The molecule has 0 saturated carbocycles. The average molecular weight is 182 g/mol. The highest BCUT2D eigenvalue weighted by Crippen LogP contribution is 2.11. The standard InChI is InChI=1S/C6H12.H2O4S/c1-5-6(2,3)4;1-5(2,3)4/h5H,1H2,2-4H3;(H2,1,2,3,4). The summed E-state index contributed by atoms with van der Waals surface area (Å²) in [4.78, 5) is 0. The molecule has 68 valence electrons. The maximum atomic E-state index is 8.74. The lowest BCUT2D eigenvalue weighted by Gasteiger charge is -2.08. The number of hydrogen-bond acceptors (Lipinski definition) is 2. The molecule has 0 unspecified atom stereocenters. The summed E-state index contributed by atoms with van der Waals surface area (Å²) in [6.07, 6.45) is 1.94. The topological polar surface area (TPSA) is 74.6 Å². The molecule has 0 aromatic heterocycles. The molecule has 0 aliphatic carbocycles. The van der Waals surface area contributed by atoms with Gasteiger partial charge in [0.2, 0.25) is 0 Å². The molecular weight excluding hydrogens is 168 g/mol. The normalized spacial score (nSPS) is 11.4. The van der Waals surface area contributed by atoms with Crippen LogP contribution in [0, 0.1) is 5.41 Å². The van der Waals surface area contributed by atoms with Gasteiger partial charge in [0.15, 0.2) is 0 Å². The Labute approximate surface area is 67.5 Å². The molecule has 5 heteroatoms. The summed E-state index contributed by atoms with van der Waals surface area (Å²) < 4.78 is 31.6. The van der Waals surface area contributed by atoms with E-state index in [1.165, 1.54) is 0 Å². The van der Waals surface area contributed by atoms with E-state index in [-0.39, 0.29) is 0 Å². The Kier molecular flexibility index (Phi) is 5.38. The van der Waals surface area contributed by atoms with E-state index in [1.54, 1.807) is 0 Å². The van der Waals surface area contributed by atoms with Crippen LogP contribution in [0.2, 0.25) is 0 Å². The van der Waals surface area contributed by atoms with Gasteiger partial charge in [-0.25, -0.2) is 0 Å². The first-order chi connectivity index (χ1) is 4.56. The molecule has 11 heavy (non-hydrogen) atoms. The number of rotatable bonds is 0. The molecule has 0 spiro atoms. The third kappa shape index (κ3) is 81.7. The highest BCUT2D eigenvalue weighted by molar-refractivity contribution is 7.79. The summed E-state index contributed by atoms with van der Waals surface area (Å²) in [5.41, 5.74) is 0.306. The summed E-state index contributed by atoms with van der Waals surface area (Å²) in [6.45, 7) is 10.0. The zero-order chi connectivity index (χ0) is 9.71. The Morgan fingerprint density at radius 2 is 1.36 bits per heavy atom. The van der Waals surface area contributed by atoms with Crippen molar-refractivity contribution < 1.29 is 17.5 Å². The highest BCUT2D eigenvalue weighted by Gasteiger charge is 1.99. The second-order valence-electron chi connectivity index (χ2n) is 3.02. The molecule has 0 radical (unpaired) electrons. The Morgan fingerprint density at radius 3 is 1.36 bits per heavy atom. The van der Waals surface area contributed by atoms with Gasteiger partial charge in [0, 0.05) is 0 Å². The molecule has 0 bridgehead atoms. The third-order valence-corrected chi connectivity index (χ3v) is 0.612. The highest BCUT2D eigenvalue weighted by atomic mass is 32.3. The minimum absolute atomic E-state index is 0.306. The van der Waals surface area contributed by atoms with Gasteiger partial charge in [0.25, 0.3) is 0 Å². The fourth-order valence-electron chi connectivity index (χ4n) is 0. The van der Waals surface area contributed by atoms with E-state index in [9.17, 15) is 0 Å². The minimum Gasteiger partial charge on any atom is -0.264 e. The second-order valence-corrected chi connectivity index (χ2v) is 3.91. The zero-order valence-corrected chi connectivity index (χ0v) is 7.72. The largest absolute Gasteiger partial charge is 0.394 e. The maximum Gasteiger partial charge on any atom is 0.394 e. The van der Waals surface area contributed by atoms with Crippen molar-refractivity contribution in [3.05, 3.63) is 12.7 Å². The van der Waals surface area contributed by atoms with Crippen molar-refractivity contribution in [3.63, 3.8) is 0 Å².